The Labute approximate surface area is 129 Å². The molecule has 0 saturated heterocycles. The maximum absolute atomic E-state index is 11.7. The van der Waals surface area contributed by atoms with Gasteiger partial charge in [-0.1, -0.05) is 6.07 Å². The number of aryl methyl sites for hydroxylation is 2. The topological polar surface area (TPSA) is 55.2 Å². The molecule has 1 aliphatic heterocycles. The number of hydrogen-bond acceptors (Lipinski definition) is 3. The zero-order chi connectivity index (χ0) is 15.7. The Hall–Kier alpha value is -2.43. The maximum atomic E-state index is 11.7. The third kappa shape index (κ3) is 2.43. The minimum atomic E-state index is 0.0761. The standard InChI is InChI=1S/C17H19N3O2/c1-3-20-15(11-21)10-16(18-20)13-6-7-17-14(9-13)5-4-8-19(17)12(2)22/h6-7,9-11H,3-5,8H2,1-2H3. The van der Waals surface area contributed by atoms with E-state index in [0.29, 0.717) is 12.2 Å². The van der Waals surface area contributed by atoms with Crippen molar-refractivity contribution in [3.63, 3.8) is 0 Å². The number of aldehydes is 1. The van der Waals surface area contributed by atoms with Gasteiger partial charge in [-0.3, -0.25) is 14.3 Å². The van der Waals surface area contributed by atoms with Gasteiger partial charge in [-0.25, -0.2) is 0 Å². The molecule has 0 radical (unpaired) electrons. The molecule has 1 aliphatic rings. The van der Waals surface area contributed by atoms with Crippen LogP contribution in [0.2, 0.25) is 0 Å². The van der Waals surface area contributed by atoms with Crippen LogP contribution in [0.3, 0.4) is 0 Å². The minimum Gasteiger partial charge on any atom is -0.312 e. The fraction of sp³-hybridized carbons (Fsp3) is 0.353. The Morgan fingerprint density at radius 3 is 2.82 bits per heavy atom. The van der Waals surface area contributed by atoms with E-state index in [1.165, 1.54) is 0 Å². The summed E-state index contributed by atoms with van der Waals surface area (Å²) in [7, 11) is 0. The van der Waals surface area contributed by atoms with E-state index in [-0.39, 0.29) is 5.91 Å². The second-order valence-corrected chi connectivity index (χ2v) is 5.51. The summed E-state index contributed by atoms with van der Waals surface area (Å²) in [4.78, 5) is 24.6. The lowest BCUT2D eigenvalue weighted by atomic mass is 9.98. The molecule has 0 fully saturated rings. The van der Waals surface area contributed by atoms with E-state index in [2.05, 4.69) is 11.2 Å². The van der Waals surface area contributed by atoms with Crippen LogP contribution in [0.4, 0.5) is 5.69 Å². The van der Waals surface area contributed by atoms with Crippen molar-refractivity contribution < 1.29 is 9.59 Å². The summed E-state index contributed by atoms with van der Waals surface area (Å²) in [5.74, 6) is 0.0761. The normalized spacial score (nSPS) is 13.8. The van der Waals surface area contributed by atoms with Crippen LogP contribution in [0.5, 0.6) is 0 Å². The Morgan fingerprint density at radius 2 is 2.18 bits per heavy atom. The number of nitrogens with zero attached hydrogens (tertiary/aromatic N) is 3. The number of carbonyl (C=O) groups is 2. The third-order valence-corrected chi connectivity index (χ3v) is 4.11. The molecule has 3 rings (SSSR count). The smallest absolute Gasteiger partial charge is 0.223 e. The van der Waals surface area contributed by atoms with Gasteiger partial charge in [0, 0.05) is 31.3 Å². The van der Waals surface area contributed by atoms with E-state index in [9.17, 15) is 9.59 Å². The molecule has 1 amide bonds. The van der Waals surface area contributed by atoms with E-state index < -0.39 is 0 Å². The van der Waals surface area contributed by atoms with Crippen LogP contribution in [0.15, 0.2) is 24.3 Å². The Morgan fingerprint density at radius 1 is 1.36 bits per heavy atom. The van der Waals surface area contributed by atoms with Crippen molar-refractivity contribution in [1.82, 2.24) is 9.78 Å². The largest absolute Gasteiger partial charge is 0.312 e. The van der Waals surface area contributed by atoms with E-state index in [1.807, 2.05) is 30.0 Å². The van der Waals surface area contributed by atoms with Gasteiger partial charge in [-0.05, 0) is 43.5 Å². The van der Waals surface area contributed by atoms with Crippen molar-refractivity contribution in [2.24, 2.45) is 0 Å². The average Bonchev–Trinajstić information content (AvgIpc) is 2.97. The van der Waals surface area contributed by atoms with E-state index in [0.717, 1.165) is 48.2 Å². The molecule has 0 aliphatic carbocycles. The van der Waals surface area contributed by atoms with Crippen molar-refractivity contribution in [1.29, 1.82) is 0 Å². The molecule has 0 atom stereocenters. The molecule has 0 spiro atoms. The van der Waals surface area contributed by atoms with Gasteiger partial charge in [-0.2, -0.15) is 5.10 Å². The van der Waals surface area contributed by atoms with Crippen LogP contribution < -0.4 is 4.90 Å². The van der Waals surface area contributed by atoms with Crippen molar-refractivity contribution in [2.45, 2.75) is 33.2 Å². The summed E-state index contributed by atoms with van der Waals surface area (Å²) >= 11 is 0. The monoisotopic (exact) mass is 297 g/mol. The number of amides is 1. The predicted octanol–water partition coefficient (Wildman–Crippen LogP) is 2.68. The van der Waals surface area contributed by atoms with Gasteiger partial charge in [0.05, 0.1) is 5.69 Å². The third-order valence-electron chi connectivity index (χ3n) is 4.11. The number of rotatable bonds is 3. The van der Waals surface area contributed by atoms with Crippen molar-refractivity contribution >= 4 is 17.9 Å². The lowest BCUT2D eigenvalue weighted by Crippen LogP contribution is -2.33. The van der Waals surface area contributed by atoms with Gasteiger partial charge in [0.25, 0.3) is 0 Å². The summed E-state index contributed by atoms with van der Waals surface area (Å²) in [6.07, 6.45) is 2.76. The van der Waals surface area contributed by atoms with E-state index in [4.69, 9.17) is 0 Å². The number of aromatic nitrogens is 2. The van der Waals surface area contributed by atoms with Gasteiger partial charge in [-0.15, -0.1) is 0 Å². The highest BCUT2D eigenvalue weighted by atomic mass is 16.2. The highest BCUT2D eigenvalue weighted by Crippen LogP contribution is 2.31. The second kappa shape index (κ2) is 5.75. The first-order chi connectivity index (χ1) is 10.6. The zero-order valence-electron chi connectivity index (χ0n) is 12.9. The van der Waals surface area contributed by atoms with Gasteiger partial charge in [0.15, 0.2) is 6.29 Å². The van der Waals surface area contributed by atoms with Crippen LogP contribution >= 0.6 is 0 Å². The molecule has 22 heavy (non-hydrogen) atoms. The fourth-order valence-corrected chi connectivity index (χ4v) is 3.00. The number of hydrogen-bond donors (Lipinski definition) is 0. The highest BCUT2D eigenvalue weighted by Gasteiger charge is 2.20. The predicted molar refractivity (Wildman–Crippen MR) is 85.1 cm³/mol. The SMILES string of the molecule is CCn1nc(-c2ccc3c(c2)CCCN3C(C)=O)cc1C=O. The molecule has 0 unspecified atom stereocenters. The average molecular weight is 297 g/mol. The van der Waals surface area contributed by atoms with Crippen molar-refractivity contribution in [3.05, 3.63) is 35.5 Å². The molecule has 0 saturated carbocycles. The maximum Gasteiger partial charge on any atom is 0.223 e. The molecule has 2 aromatic rings. The van der Waals surface area contributed by atoms with Crippen LogP contribution in [-0.4, -0.2) is 28.5 Å². The molecule has 114 valence electrons. The number of fused-ring (bicyclic) bond motifs is 1. The number of benzene rings is 1. The van der Waals surface area contributed by atoms with Crippen LogP contribution in [0.1, 0.15) is 36.3 Å². The molecular weight excluding hydrogens is 278 g/mol. The minimum absolute atomic E-state index is 0.0761. The summed E-state index contributed by atoms with van der Waals surface area (Å²) < 4.78 is 1.70. The zero-order valence-corrected chi connectivity index (χ0v) is 12.9. The molecule has 5 nitrogen and oxygen atoms in total. The summed E-state index contributed by atoms with van der Waals surface area (Å²) in [5.41, 5.74) is 4.53. The Balaban J connectivity index is 2.02. The first kappa shape index (κ1) is 14.5. The van der Waals surface area contributed by atoms with E-state index >= 15 is 0 Å². The second-order valence-electron chi connectivity index (χ2n) is 5.51. The molecule has 5 heteroatoms. The first-order valence-electron chi connectivity index (χ1n) is 7.58. The number of carbonyl (C=O) groups excluding carboxylic acids is 2. The van der Waals surface area contributed by atoms with E-state index in [1.54, 1.807) is 11.6 Å². The molecular formula is C17H19N3O2. The molecule has 1 aromatic carbocycles. The summed E-state index contributed by atoms with van der Waals surface area (Å²) in [6, 6.07) is 7.85. The van der Waals surface area contributed by atoms with Gasteiger partial charge in [0.2, 0.25) is 5.91 Å². The Kier molecular flexibility index (Phi) is 3.79. The molecule has 0 bridgehead atoms. The fourth-order valence-electron chi connectivity index (χ4n) is 3.00. The molecule has 2 heterocycles. The quantitative estimate of drug-likeness (QED) is 0.818. The first-order valence-corrected chi connectivity index (χ1v) is 7.58. The van der Waals surface area contributed by atoms with Gasteiger partial charge >= 0.3 is 0 Å². The van der Waals surface area contributed by atoms with Crippen LogP contribution in [0, 0.1) is 0 Å². The number of anilines is 1. The summed E-state index contributed by atoms with van der Waals surface area (Å²) in [6.45, 7) is 5.00. The van der Waals surface area contributed by atoms with Crippen LogP contribution in [0.25, 0.3) is 11.3 Å². The Bertz CT molecular complexity index is 734. The van der Waals surface area contributed by atoms with Crippen LogP contribution in [-0.2, 0) is 17.8 Å². The van der Waals surface area contributed by atoms with Gasteiger partial charge in [0.1, 0.15) is 5.69 Å². The van der Waals surface area contributed by atoms with Crippen molar-refractivity contribution in [2.75, 3.05) is 11.4 Å². The molecule has 0 N–H and O–H groups in total. The lowest BCUT2D eigenvalue weighted by molar-refractivity contribution is -0.116. The lowest BCUT2D eigenvalue weighted by Gasteiger charge is -2.28. The highest BCUT2D eigenvalue weighted by molar-refractivity contribution is 5.93. The molecule has 1 aromatic heterocycles. The van der Waals surface area contributed by atoms with Gasteiger partial charge < -0.3 is 4.90 Å². The summed E-state index contributed by atoms with van der Waals surface area (Å²) in [5, 5.41) is 4.48. The van der Waals surface area contributed by atoms with Crippen molar-refractivity contribution in [3.8, 4) is 11.3 Å².